The number of rotatable bonds is 2. The number of hydrogen-bond donors (Lipinski definition) is 2. The van der Waals surface area contributed by atoms with Crippen molar-refractivity contribution in [1.29, 1.82) is 0 Å². The lowest BCUT2D eigenvalue weighted by molar-refractivity contribution is -0.134. The molecule has 3 aliphatic rings. The fourth-order valence-corrected chi connectivity index (χ4v) is 5.51. The number of thiophene rings is 1. The molecule has 0 radical (unpaired) electrons. The van der Waals surface area contributed by atoms with Crippen LogP contribution in [0.3, 0.4) is 0 Å². The van der Waals surface area contributed by atoms with Crippen LogP contribution in [0.15, 0.2) is 24.3 Å². The molecule has 1 aromatic heterocycles. The largest absolute Gasteiger partial charge is 0.336 e. The molecule has 8 nitrogen and oxygen atoms in total. The second-order valence-corrected chi connectivity index (χ2v) is 8.89. The van der Waals surface area contributed by atoms with Gasteiger partial charge in [0.25, 0.3) is 11.8 Å². The van der Waals surface area contributed by atoms with Crippen LogP contribution in [0.4, 0.5) is 0 Å². The van der Waals surface area contributed by atoms with Crippen molar-refractivity contribution >= 4 is 45.1 Å². The van der Waals surface area contributed by atoms with Gasteiger partial charge in [-0.15, -0.1) is 11.3 Å². The minimum absolute atomic E-state index is 0.118. The Morgan fingerprint density at radius 1 is 1.00 bits per heavy atom. The Hall–Kier alpha value is -2.78. The van der Waals surface area contributed by atoms with E-state index in [0.29, 0.717) is 23.5 Å². The highest BCUT2D eigenvalue weighted by Gasteiger charge is 2.56. The number of fused-ring (bicyclic) bond motifs is 1. The van der Waals surface area contributed by atoms with E-state index in [2.05, 4.69) is 10.6 Å². The molecular formula is C20H20N4O4S. The van der Waals surface area contributed by atoms with E-state index in [1.54, 1.807) is 9.80 Å². The van der Waals surface area contributed by atoms with Crippen molar-refractivity contribution in [3.8, 4) is 0 Å². The number of hydrogen-bond acceptors (Lipinski definition) is 6. The molecule has 2 N–H and O–H groups in total. The molecule has 9 heteroatoms. The number of carbonyl (C=O) groups excluding carboxylic acids is 4. The lowest BCUT2D eigenvalue weighted by Gasteiger charge is -2.45. The molecule has 0 bridgehead atoms. The van der Waals surface area contributed by atoms with Crippen LogP contribution < -0.4 is 10.6 Å². The maximum Gasteiger partial charge on any atom is 0.264 e. The highest BCUT2D eigenvalue weighted by Crippen LogP contribution is 2.40. The number of benzene rings is 1. The summed E-state index contributed by atoms with van der Waals surface area (Å²) in [6.45, 7) is 3.09. The summed E-state index contributed by atoms with van der Waals surface area (Å²) in [5, 5.41) is 6.31. The van der Waals surface area contributed by atoms with Crippen molar-refractivity contribution in [2.45, 2.75) is 6.42 Å². The van der Waals surface area contributed by atoms with Crippen LogP contribution in [-0.4, -0.2) is 72.7 Å². The number of likely N-dealkylation sites (tertiary alicyclic amines) is 1. The number of piperazine rings is 1. The molecule has 4 amide bonds. The fourth-order valence-electron chi connectivity index (χ4n) is 4.35. The predicted octanol–water partition coefficient (Wildman–Crippen LogP) is 0.435. The Labute approximate surface area is 170 Å². The molecule has 3 fully saturated rings. The first-order valence-electron chi connectivity index (χ1n) is 9.64. The van der Waals surface area contributed by atoms with Gasteiger partial charge in [-0.2, -0.15) is 0 Å². The first-order chi connectivity index (χ1) is 14.0. The minimum atomic E-state index is -0.804. The molecule has 0 atom stereocenters. The van der Waals surface area contributed by atoms with Crippen molar-refractivity contribution in [1.82, 2.24) is 20.4 Å². The van der Waals surface area contributed by atoms with Gasteiger partial charge in [0.1, 0.15) is 4.88 Å². The van der Waals surface area contributed by atoms with E-state index in [1.807, 2.05) is 24.3 Å². The van der Waals surface area contributed by atoms with Crippen molar-refractivity contribution in [2.24, 2.45) is 5.41 Å². The van der Waals surface area contributed by atoms with Crippen molar-refractivity contribution < 1.29 is 19.2 Å². The van der Waals surface area contributed by atoms with Crippen molar-refractivity contribution in [2.75, 3.05) is 39.3 Å². The molecule has 5 rings (SSSR count). The minimum Gasteiger partial charge on any atom is -0.336 e. The average molecular weight is 412 g/mol. The zero-order valence-electron chi connectivity index (χ0n) is 15.7. The first kappa shape index (κ1) is 18.3. The second kappa shape index (κ2) is 6.64. The topological polar surface area (TPSA) is 98.8 Å². The summed E-state index contributed by atoms with van der Waals surface area (Å²) in [4.78, 5) is 54.0. The van der Waals surface area contributed by atoms with Crippen LogP contribution in [0.25, 0.3) is 10.1 Å². The standard InChI is InChI=1S/C20H20N4O4S/c25-14-9-20(19(28)22-14)10-24(11-20)17(26)15-12-3-1-2-4-13(12)29-16(15)18(27)23-7-5-21-6-8-23/h1-4,21H,5-11H2,(H,22,25,28). The molecule has 3 aliphatic heterocycles. The van der Waals surface area contributed by atoms with E-state index in [4.69, 9.17) is 0 Å². The zero-order valence-corrected chi connectivity index (χ0v) is 16.5. The molecule has 29 heavy (non-hydrogen) atoms. The molecule has 0 aliphatic carbocycles. The monoisotopic (exact) mass is 412 g/mol. The molecule has 1 aromatic carbocycles. The maximum absolute atomic E-state index is 13.4. The van der Waals surface area contributed by atoms with Gasteiger partial charge in [-0.25, -0.2) is 0 Å². The Balaban J connectivity index is 1.47. The smallest absolute Gasteiger partial charge is 0.264 e. The van der Waals surface area contributed by atoms with Crippen LogP contribution in [0, 0.1) is 5.41 Å². The fraction of sp³-hybridized carbons (Fsp3) is 0.400. The summed E-state index contributed by atoms with van der Waals surface area (Å²) in [7, 11) is 0. The van der Waals surface area contributed by atoms with Crippen LogP contribution >= 0.6 is 11.3 Å². The van der Waals surface area contributed by atoms with E-state index in [0.717, 1.165) is 23.2 Å². The Morgan fingerprint density at radius 2 is 1.72 bits per heavy atom. The molecule has 3 saturated heterocycles. The second-order valence-electron chi connectivity index (χ2n) is 7.84. The Kier molecular flexibility index (Phi) is 4.18. The summed E-state index contributed by atoms with van der Waals surface area (Å²) in [5.74, 6) is -0.977. The Morgan fingerprint density at radius 3 is 2.41 bits per heavy atom. The number of nitrogens with zero attached hydrogens (tertiary/aromatic N) is 2. The Bertz CT molecular complexity index is 1050. The summed E-state index contributed by atoms with van der Waals surface area (Å²) in [6, 6.07) is 7.51. The van der Waals surface area contributed by atoms with Gasteiger partial charge in [0.05, 0.1) is 11.0 Å². The third-order valence-corrected chi connectivity index (χ3v) is 7.07. The molecular weight excluding hydrogens is 392 g/mol. The molecule has 1 spiro atoms. The van der Waals surface area contributed by atoms with Gasteiger partial charge in [-0.3, -0.25) is 24.5 Å². The normalized spacial score (nSPS) is 20.8. The van der Waals surface area contributed by atoms with Gasteiger partial charge in [0.2, 0.25) is 11.8 Å². The van der Waals surface area contributed by atoms with Gasteiger partial charge < -0.3 is 15.1 Å². The molecule has 0 saturated carbocycles. The van der Waals surface area contributed by atoms with Gasteiger partial charge in [-0.05, 0) is 6.07 Å². The first-order valence-corrected chi connectivity index (χ1v) is 10.5. The quantitative estimate of drug-likeness (QED) is 0.698. The van der Waals surface area contributed by atoms with Gasteiger partial charge in [-0.1, -0.05) is 18.2 Å². The average Bonchev–Trinajstić information content (AvgIpc) is 3.23. The summed E-state index contributed by atoms with van der Waals surface area (Å²) >= 11 is 1.34. The summed E-state index contributed by atoms with van der Waals surface area (Å²) in [5.41, 5.74) is -0.393. The molecule has 4 heterocycles. The van der Waals surface area contributed by atoms with Gasteiger partial charge in [0.15, 0.2) is 0 Å². The number of imide groups is 1. The van der Waals surface area contributed by atoms with E-state index in [-0.39, 0.29) is 43.1 Å². The van der Waals surface area contributed by atoms with E-state index in [9.17, 15) is 19.2 Å². The van der Waals surface area contributed by atoms with Crippen LogP contribution in [0.1, 0.15) is 26.5 Å². The third-order valence-electron chi connectivity index (χ3n) is 5.92. The summed E-state index contributed by atoms with van der Waals surface area (Å²) < 4.78 is 0.887. The summed E-state index contributed by atoms with van der Waals surface area (Å²) in [6.07, 6.45) is 0.118. The molecule has 2 aromatic rings. The SMILES string of the molecule is O=C1CC2(CN(C(=O)c3c(C(=O)N4CCNCC4)sc4ccccc34)C2)C(=O)N1. The van der Waals surface area contributed by atoms with E-state index >= 15 is 0 Å². The maximum atomic E-state index is 13.4. The molecule has 150 valence electrons. The van der Waals surface area contributed by atoms with Gasteiger partial charge in [0, 0.05) is 55.8 Å². The van der Waals surface area contributed by atoms with Crippen LogP contribution in [0.5, 0.6) is 0 Å². The van der Waals surface area contributed by atoms with E-state index < -0.39 is 5.41 Å². The van der Waals surface area contributed by atoms with Crippen LogP contribution in [-0.2, 0) is 9.59 Å². The highest BCUT2D eigenvalue weighted by molar-refractivity contribution is 7.21. The highest BCUT2D eigenvalue weighted by atomic mass is 32.1. The molecule has 0 unspecified atom stereocenters. The van der Waals surface area contributed by atoms with E-state index in [1.165, 1.54) is 11.3 Å². The lowest BCUT2D eigenvalue weighted by Crippen LogP contribution is -2.61. The van der Waals surface area contributed by atoms with Crippen LogP contribution in [0.2, 0.25) is 0 Å². The number of nitrogens with one attached hydrogen (secondary N) is 2. The number of amides is 4. The predicted molar refractivity (Wildman–Crippen MR) is 107 cm³/mol. The van der Waals surface area contributed by atoms with Gasteiger partial charge >= 0.3 is 0 Å². The van der Waals surface area contributed by atoms with Crippen molar-refractivity contribution in [3.63, 3.8) is 0 Å². The third kappa shape index (κ3) is 2.84. The zero-order chi connectivity index (χ0) is 20.2. The number of carbonyl (C=O) groups is 4. The van der Waals surface area contributed by atoms with Crippen molar-refractivity contribution in [3.05, 3.63) is 34.7 Å². The lowest BCUT2D eigenvalue weighted by atomic mass is 9.78.